The van der Waals surface area contributed by atoms with Gasteiger partial charge in [0.05, 0.1) is 30.7 Å². The van der Waals surface area contributed by atoms with Gasteiger partial charge in [-0.05, 0) is 37.1 Å². The normalized spacial score (nSPS) is 11.8. The number of benzene rings is 1. The molecule has 0 saturated heterocycles. The molecule has 0 fully saturated rings. The first kappa shape index (κ1) is 15.9. The SMILES string of the molecule is CCS(=O)(=O)NCc1cn(Cc2ccc(Cl)cc2C)nn1. The molecule has 0 aliphatic carbocycles. The Hall–Kier alpha value is -1.44. The van der Waals surface area contributed by atoms with E-state index in [9.17, 15) is 8.42 Å². The number of aromatic nitrogens is 3. The van der Waals surface area contributed by atoms with Crippen LogP contribution in [0.4, 0.5) is 0 Å². The standard InChI is InChI=1S/C13H17ClN4O2S/c1-3-21(19,20)15-7-13-9-18(17-16-13)8-11-4-5-12(14)6-10(11)2/h4-6,9,15H,3,7-8H2,1-2H3. The van der Waals surface area contributed by atoms with E-state index in [0.717, 1.165) is 11.1 Å². The fraction of sp³-hybridized carbons (Fsp3) is 0.385. The number of nitrogens with zero attached hydrogens (tertiary/aromatic N) is 3. The van der Waals surface area contributed by atoms with Crippen LogP contribution in [0.3, 0.4) is 0 Å². The average Bonchev–Trinajstić information content (AvgIpc) is 2.88. The van der Waals surface area contributed by atoms with Crippen LogP contribution in [0.15, 0.2) is 24.4 Å². The van der Waals surface area contributed by atoms with Crippen LogP contribution in [0.25, 0.3) is 0 Å². The number of hydrogen-bond donors (Lipinski definition) is 1. The Balaban J connectivity index is 2.03. The second-order valence-electron chi connectivity index (χ2n) is 4.70. The van der Waals surface area contributed by atoms with Crippen LogP contribution in [0.1, 0.15) is 23.7 Å². The maximum Gasteiger partial charge on any atom is 0.211 e. The first-order valence-electron chi connectivity index (χ1n) is 6.51. The van der Waals surface area contributed by atoms with Gasteiger partial charge in [0, 0.05) is 5.02 Å². The third-order valence-electron chi connectivity index (χ3n) is 3.08. The molecule has 0 aliphatic heterocycles. The highest BCUT2D eigenvalue weighted by Gasteiger charge is 2.09. The van der Waals surface area contributed by atoms with Crippen molar-refractivity contribution in [2.45, 2.75) is 26.9 Å². The largest absolute Gasteiger partial charge is 0.248 e. The van der Waals surface area contributed by atoms with Gasteiger partial charge in [0.15, 0.2) is 0 Å². The van der Waals surface area contributed by atoms with Gasteiger partial charge in [0.25, 0.3) is 0 Å². The summed E-state index contributed by atoms with van der Waals surface area (Å²) < 4.78 is 26.9. The molecule has 1 aromatic heterocycles. The molecule has 0 bridgehead atoms. The molecule has 8 heteroatoms. The van der Waals surface area contributed by atoms with Crippen LogP contribution in [0.5, 0.6) is 0 Å². The third-order valence-corrected chi connectivity index (χ3v) is 4.66. The lowest BCUT2D eigenvalue weighted by molar-refractivity contribution is 0.581. The van der Waals surface area contributed by atoms with E-state index in [1.807, 2.05) is 25.1 Å². The molecule has 0 saturated carbocycles. The van der Waals surface area contributed by atoms with E-state index in [4.69, 9.17) is 11.6 Å². The van der Waals surface area contributed by atoms with Gasteiger partial charge in [-0.1, -0.05) is 22.9 Å². The predicted octanol–water partition coefficient (Wildman–Crippen LogP) is 1.73. The molecule has 21 heavy (non-hydrogen) atoms. The van der Waals surface area contributed by atoms with Gasteiger partial charge in [-0.3, -0.25) is 0 Å². The van der Waals surface area contributed by atoms with E-state index in [-0.39, 0.29) is 12.3 Å². The number of halogens is 1. The Kier molecular flexibility index (Phi) is 4.97. The molecule has 0 aliphatic rings. The second-order valence-corrected chi connectivity index (χ2v) is 7.23. The van der Waals surface area contributed by atoms with Crippen molar-refractivity contribution in [1.29, 1.82) is 0 Å². The minimum Gasteiger partial charge on any atom is -0.248 e. The fourth-order valence-corrected chi connectivity index (χ4v) is 2.59. The Morgan fingerprint density at radius 1 is 1.38 bits per heavy atom. The lowest BCUT2D eigenvalue weighted by atomic mass is 10.1. The highest BCUT2D eigenvalue weighted by molar-refractivity contribution is 7.89. The minimum atomic E-state index is -3.22. The van der Waals surface area contributed by atoms with Gasteiger partial charge in [0.2, 0.25) is 10.0 Å². The van der Waals surface area contributed by atoms with Crippen molar-refractivity contribution < 1.29 is 8.42 Å². The van der Waals surface area contributed by atoms with Crippen LogP contribution in [0.2, 0.25) is 5.02 Å². The van der Waals surface area contributed by atoms with Crippen molar-refractivity contribution in [2.24, 2.45) is 0 Å². The maximum absolute atomic E-state index is 11.4. The zero-order valence-electron chi connectivity index (χ0n) is 11.9. The van der Waals surface area contributed by atoms with E-state index >= 15 is 0 Å². The summed E-state index contributed by atoms with van der Waals surface area (Å²) in [6, 6.07) is 5.67. The van der Waals surface area contributed by atoms with E-state index in [1.165, 1.54) is 0 Å². The number of nitrogens with one attached hydrogen (secondary N) is 1. The summed E-state index contributed by atoms with van der Waals surface area (Å²) in [7, 11) is -3.22. The molecule has 2 aromatic rings. The van der Waals surface area contributed by atoms with Crippen molar-refractivity contribution in [3.05, 3.63) is 46.2 Å². The molecule has 114 valence electrons. The molecule has 1 heterocycles. The fourth-order valence-electron chi connectivity index (χ4n) is 1.79. The Labute approximate surface area is 129 Å². The Bertz CT molecular complexity index is 728. The highest BCUT2D eigenvalue weighted by Crippen LogP contribution is 2.16. The number of sulfonamides is 1. The van der Waals surface area contributed by atoms with Crippen LogP contribution >= 0.6 is 11.6 Å². The molecule has 0 atom stereocenters. The quantitative estimate of drug-likeness (QED) is 0.876. The minimum absolute atomic E-state index is 0.0467. The molecule has 0 radical (unpaired) electrons. The molecular weight excluding hydrogens is 312 g/mol. The van der Waals surface area contributed by atoms with Crippen molar-refractivity contribution in [3.63, 3.8) is 0 Å². The molecule has 0 unspecified atom stereocenters. The van der Waals surface area contributed by atoms with E-state index in [2.05, 4.69) is 15.0 Å². The first-order valence-corrected chi connectivity index (χ1v) is 8.54. The Morgan fingerprint density at radius 2 is 2.14 bits per heavy atom. The van der Waals surface area contributed by atoms with Gasteiger partial charge >= 0.3 is 0 Å². The summed E-state index contributed by atoms with van der Waals surface area (Å²) in [5, 5.41) is 8.66. The molecule has 0 spiro atoms. The molecular formula is C13H17ClN4O2S. The second kappa shape index (κ2) is 6.55. The van der Waals surface area contributed by atoms with Gasteiger partial charge in [-0.15, -0.1) is 5.10 Å². The monoisotopic (exact) mass is 328 g/mol. The summed E-state index contributed by atoms with van der Waals surface area (Å²) in [5.41, 5.74) is 2.75. The predicted molar refractivity (Wildman–Crippen MR) is 81.6 cm³/mol. The lowest BCUT2D eigenvalue weighted by Gasteiger charge is -2.05. The first-order chi connectivity index (χ1) is 9.89. The average molecular weight is 329 g/mol. The number of hydrogen-bond acceptors (Lipinski definition) is 4. The molecule has 1 aromatic carbocycles. The van der Waals surface area contributed by atoms with Gasteiger partial charge < -0.3 is 0 Å². The molecule has 2 rings (SSSR count). The van der Waals surface area contributed by atoms with E-state index in [0.29, 0.717) is 17.3 Å². The summed E-state index contributed by atoms with van der Waals surface area (Å²) in [6.45, 7) is 4.28. The smallest absolute Gasteiger partial charge is 0.211 e. The van der Waals surface area contributed by atoms with Crippen molar-refractivity contribution in [1.82, 2.24) is 19.7 Å². The number of rotatable bonds is 6. The topological polar surface area (TPSA) is 76.9 Å². The van der Waals surface area contributed by atoms with Gasteiger partial charge in [-0.2, -0.15) is 0 Å². The van der Waals surface area contributed by atoms with Crippen LogP contribution in [0, 0.1) is 6.92 Å². The number of aryl methyl sites for hydroxylation is 1. The van der Waals surface area contributed by atoms with Crippen molar-refractivity contribution >= 4 is 21.6 Å². The Morgan fingerprint density at radius 3 is 2.81 bits per heavy atom. The summed E-state index contributed by atoms with van der Waals surface area (Å²) in [5.74, 6) is 0.0467. The highest BCUT2D eigenvalue weighted by atomic mass is 35.5. The van der Waals surface area contributed by atoms with Crippen LogP contribution in [-0.2, 0) is 23.1 Å². The zero-order chi connectivity index (χ0) is 15.5. The van der Waals surface area contributed by atoms with Crippen LogP contribution in [-0.4, -0.2) is 29.2 Å². The zero-order valence-corrected chi connectivity index (χ0v) is 13.4. The van der Waals surface area contributed by atoms with E-state index in [1.54, 1.807) is 17.8 Å². The third kappa shape index (κ3) is 4.52. The van der Waals surface area contributed by atoms with E-state index < -0.39 is 10.0 Å². The molecule has 0 amide bonds. The maximum atomic E-state index is 11.4. The lowest BCUT2D eigenvalue weighted by Crippen LogP contribution is -2.24. The summed E-state index contributed by atoms with van der Waals surface area (Å²) in [6.07, 6.45) is 1.73. The van der Waals surface area contributed by atoms with Gasteiger partial charge in [0.1, 0.15) is 0 Å². The van der Waals surface area contributed by atoms with Crippen molar-refractivity contribution in [3.8, 4) is 0 Å². The summed E-state index contributed by atoms with van der Waals surface area (Å²) >= 11 is 5.92. The van der Waals surface area contributed by atoms with Crippen LogP contribution < -0.4 is 4.72 Å². The summed E-state index contributed by atoms with van der Waals surface area (Å²) in [4.78, 5) is 0. The molecule has 6 nitrogen and oxygen atoms in total. The van der Waals surface area contributed by atoms with Crippen molar-refractivity contribution in [2.75, 3.05) is 5.75 Å². The molecule has 1 N–H and O–H groups in total. The van der Waals surface area contributed by atoms with Gasteiger partial charge in [-0.25, -0.2) is 17.8 Å².